The molecule has 0 aliphatic rings. The van der Waals surface area contributed by atoms with Crippen LogP contribution in [0.15, 0.2) is 91.0 Å². The lowest BCUT2D eigenvalue weighted by Gasteiger charge is -2.14. The Morgan fingerprint density at radius 3 is 2.38 bits per heavy atom. The number of rotatable bonds is 7. The summed E-state index contributed by atoms with van der Waals surface area (Å²) in [4.78, 5) is 12.1. The lowest BCUT2D eigenvalue weighted by molar-refractivity contribution is -0.120. The molecule has 0 saturated carbocycles. The van der Waals surface area contributed by atoms with Crippen molar-refractivity contribution in [1.29, 1.82) is 0 Å². The molecule has 0 atom stereocenters. The highest BCUT2D eigenvalue weighted by Gasteiger charge is 2.12. The van der Waals surface area contributed by atoms with Crippen molar-refractivity contribution >= 4 is 28.3 Å². The van der Waals surface area contributed by atoms with Gasteiger partial charge < -0.3 is 4.74 Å². The summed E-state index contributed by atoms with van der Waals surface area (Å²) in [6.45, 7) is 0.295. The third-order valence-corrected chi connectivity index (χ3v) is 5.21. The normalized spacial score (nSPS) is 11.4. The van der Waals surface area contributed by atoms with Gasteiger partial charge in [-0.05, 0) is 51.7 Å². The van der Waals surface area contributed by atoms with E-state index in [-0.39, 0.29) is 18.1 Å². The first-order chi connectivity index (χ1) is 15.6. The number of nitrogens with one attached hydrogen (secondary N) is 1. The molecule has 1 amide bonds. The smallest absolute Gasteiger partial charge is 0.238 e. The molecule has 4 aromatic rings. The largest absolute Gasteiger partial charge is 0.488 e. The molecule has 0 bridgehead atoms. The number of nitrogens with two attached hydrogens (primary N) is 1. The quantitative estimate of drug-likeness (QED) is 0.178. The maximum atomic E-state index is 13.2. The van der Waals surface area contributed by atoms with E-state index in [0.29, 0.717) is 12.4 Å². The first-order valence-corrected chi connectivity index (χ1v) is 10.3. The number of fused-ring (bicyclic) bond motifs is 1. The lowest BCUT2D eigenvalue weighted by Crippen LogP contribution is -2.29. The summed E-state index contributed by atoms with van der Waals surface area (Å²) in [5.41, 5.74) is 5.68. The van der Waals surface area contributed by atoms with E-state index in [1.807, 2.05) is 72.8 Å². The van der Waals surface area contributed by atoms with E-state index in [1.54, 1.807) is 12.1 Å². The minimum absolute atomic E-state index is 0.126. The molecule has 4 nitrogen and oxygen atoms in total. The zero-order chi connectivity index (χ0) is 22.3. The summed E-state index contributed by atoms with van der Waals surface area (Å²) in [5.74, 6) is 5.47. The third-order valence-electron chi connectivity index (χ3n) is 5.21. The molecule has 5 heteroatoms. The van der Waals surface area contributed by atoms with E-state index < -0.39 is 0 Å². The van der Waals surface area contributed by atoms with Crippen LogP contribution in [-0.4, -0.2) is 5.91 Å². The molecule has 160 valence electrons. The highest BCUT2D eigenvalue weighted by atomic mass is 19.1. The number of hydrazine groups is 1. The number of carbonyl (C=O) groups is 1. The van der Waals surface area contributed by atoms with Gasteiger partial charge in [-0.3, -0.25) is 10.2 Å². The van der Waals surface area contributed by atoms with Crippen molar-refractivity contribution in [3.05, 3.63) is 114 Å². The molecule has 3 N–H and O–H groups in total. The highest BCUT2D eigenvalue weighted by molar-refractivity contribution is 6.01. The Balaban J connectivity index is 1.79. The van der Waals surface area contributed by atoms with Gasteiger partial charge in [0.15, 0.2) is 0 Å². The van der Waals surface area contributed by atoms with Crippen LogP contribution in [0.1, 0.15) is 23.1 Å². The topological polar surface area (TPSA) is 64.3 Å². The van der Waals surface area contributed by atoms with Crippen molar-refractivity contribution < 1.29 is 13.9 Å². The number of hydrogen-bond acceptors (Lipinski definition) is 3. The molecule has 4 aromatic carbocycles. The SMILES string of the molecule is NNC(=O)CC(=Cc1c(OCc2ccc(F)cc2)ccc2ccccc12)c1ccccc1. The van der Waals surface area contributed by atoms with Gasteiger partial charge in [-0.1, -0.05) is 72.8 Å². The van der Waals surface area contributed by atoms with Crippen molar-refractivity contribution in [3.8, 4) is 5.75 Å². The second-order valence-corrected chi connectivity index (χ2v) is 7.39. The second kappa shape index (κ2) is 9.90. The van der Waals surface area contributed by atoms with Crippen LogP contribution in [0.4, 0.5) is 4.39 Å². The number of halogens is 1. The van der Waals surface area contributed by atoms with Gasteiger partial charge in [-0.25, -0.2) is 10.2 Å². The van der Waals surface area contributed by atoms with Crippen LogP contribution in [0.5, 0.6) is 5.75 Å². The monoisotopic (exact) mass is 426 g/mol. The molecule has 0 saturated heterocycles. The van der Waals surface area contributed by atoms with Gasteiger partial charge in [0.1, 0.15) is 18.2 Å². The van der Waals surface area contributed by atoms with E-state index in [1.165, 1.54) is 12.1 Å². The highest BCUT2D eigenvalue weighted by Crippen LogP contribution is 2.33. The van der Waals surface area contributed by atoms with Gasteiger partial charge in [0.25, 0.3) is 0 Å². The van der Waals surface area contributed by atoms with Crippen LogP contribution in [0.2, 0.25) is 0 Å². The molecule has 0 radical (unpaired) electrons. The maximum Gasteiger partial charge on any atom is 0.238 e. The van der Waals surface area contributed by atoms with E-state index in [2.05, 4.69) is 5.43 Å². The van der Waals surface area contributed by atoms with Gasteiger partial charge in [-0.15, -0.1) is 0 Å². The Kier molecular flexibility index (Phi) is 6.58. The van der Waals surface area contributed by atoms with Crippen molar-refractivity contribution in [1.82, 2.24) is 5.43 Å². The van der Waals surface area contributed by atoms with Gasteiger partial charge in [0.05, 0.1) is 6.42 Å². The fraction of sp³-hybridized carbons (Fsp3) is 0.0741. The Labute approximate surface area is 186 Å². The molecule has 0 aromatic heterocycles. The Hall–Kier alpha value is -3.96. The van der Waals surface area contributed by atoms with Crippen LogP contribution in [0, 0.1) is 5.82 Å². The van der Waals surface area contributed by atoms with Crippen molar-refractivity contribution in [2.24, 2.45) is 5.84 Å². The maximum absolute atomic E-state index is 13.2. The average Bonchev–Trinajstić information content (AvgIpc) is 2.84. The Morgan fingerprint density at radius 2 is 1.62 bits per heavy atom. The second-order valence-electron chi connectivity index (χ2n) is 7.39. The minimum Gasteiger partial charge on any atom is -0.488 e. The van der Waals surface area contributed by atoms with Gasteiger partial charge >= 0.3 is 0 Å². The number of ether oxygens (including phenoxy) is 1. The van der Waals surface area contributed by atoms with Crippen LogP contribution in [-0.2, 0) is 11.4 Å². The molecule has 4 rings (SSSR count). The molecular formula is C27H23FN2O2. The van der Waals surface area contributed by atoms with Crippen LogP contribution < -0.4 is 16.0 Å². The standard InChI is InChI=1S/C27H23FN2O2/c28-23-13-10-19(11-14-23)18-32-26-15-12-21-8-4-5-9-24(21)25(26)16-22(17-27(31)30-29)20-6-2-1-3-7-20/h1-16H,17-18,29H2,(H,30,31). The van der Waals surface area contributed by atoms with Crippen LogP contribution >= 0.6 is 0 Å². The van der Waals surface area contributed by atoms with E-state index in [4.69, 9.17) is 10.6 Å². The van der Waals surface area contributed by atoms with Gasteiger partial charge in [0, 0.05) is 5.56 Å². The predicted molar refractivity (Wildman–Crippen MR) is 126 cm³/mol. The predicted octanol–water partition coefficient (Wildman–Crippen LogP) is 5.48. The molecule has 0 unspecified atom stereocenters. The van der Waals surface area contributed by atoms with Crippen LogP contribution in [0.3, 0.4) is 0 Å². The van der Waals surface area contributed by atoms with E-state index in [0.717, 1.165) is 33.0 Å². The Morgan fingerprint density at radius 1 is 0.906 bits per heavy atom. The van der Waals surface area contributed by atoms with Crippen molar-refractivity contribution in [2.45, 2.75) is 13.0 Å². The summed E-state index contributed by atoms with van der Waals surface area (Å²) in [5, 5.41) is 2.06. The lowest BCUT2D eigenvalue weighted by atomic mass is 9.96. The van der Waals surface area contributed by atoms with Crippen molar-refractivity contribution in [2.75, 3.05) is 0 Å². The fourth-order valence-corrected chi connectivity index (χ4v) is 3.58. The van der Waals surface area contributed by atoms with E-state index in [9.17, 15) is 9.18 Å². The summed E-state index contributed by atoms with van der Waals surface area (Å²) >= 11 is 0. The molecular weight excluding hydrogens is 403 g/mol. The molecule has 0 spiro atoms. The minimum atomic E-state index is -0.284. The number of hydrogen-bond donors (Lipinski definition) is 2. The van der Waals surface area contributed by atoms with Crippen LogP contribution in [0.25, 0.3) is 22.4 Å². The number of benzene rings is 4. The molecule has 0 fully saturated rings. The summed E-state index contributed by atoms with van der Waals surface area (Å²) in [6, 6.07) is 27.9. The molecule has 32 heavy (non-hydrogen) atoms. The first kappa shape index (κ1) is 21.3. The summed E-state index contributed by atoms with van der Waals surface area (Å²) in [6.07, 6.45) is 2.11. The van der Waals surface area contributed by atoms with Gasteiger partial charge in [0.2, 0.25) is 5.91 Å². The molecule has 0 heterocycles. The number of carbonyl (C=O) groups excluding carboxylic acids is 1. The Bertz CT molecular complexity index is 1250. The zero-order valence-electron chi connectivity index (χ0n) is 17.4. The molecule has 0 aliphatic carbocycles. The fourth-order valence-electron chi connectivity index (χ4n) is 3.58. The third kappa shape index (κ3) is 5.02. The molecule has 0 aliphatic heterocycles. The summed E-state index contributed by atoms with van der Waals surface area (Å²) in [7, 11) is 0. The summed E-state index contributed by atoms with van der Waals surface area (Å²) < 4.78 is 19.4. The zero-order valence-corrected chi connectivity index (χ0v) is 17.4. The van der Waals surface area contributed by atoms with Gasteiger partial charge in [-0.2, -0.15) is 0 Å². The number of amides is 1. The van der Waals surface area contributed by atoms with Crippen molar-refractivity contribution in [3.63, 3.8) is 0 Å². The van der Waals surface area contributed by atoms with E-state index >= 15 is 0 Å². The first-order valence-electron chi connectivity index (χ1n) is 10.3. The average molecular weight is 426 g/mol.